The molecule has 0 aliphatic rings. The molecule has 0 radical (unpaired) electrons. The largest absolute Gasteiger partial charge is 0.321 e. The number of nitrogens with one attached hydrogen (secondary N) is 3. The number of carbonyl (C=O) groups excluding carboxylic acids is 3. The van der Waals surface area contributed by atoms with Gasteiger partial charge in [-0.15, -0.1) is 11.8 Å². The van der Waals surface area contributed by atoms with E-state index < -0.39 is 22.9 Å². The van der Waals surface area contributed by atoms with Gasteiger partial charge in [0.2, 0.25) is 5.91 Å². The molecule has 5 rings (SSSR count). The van der Waals surface area contributed by atoms with Crippen LogP contribution in [-0.2, 0) is 9.59 Å². The summed E-state index contributed by atoms with van der Waals surface area (Å²) in [6.07, 6.45) is 1.48. The van der Waals surface area contributed by atoms with Gasteiger partial charge < -0.3 is 16.0 Å². The van der Waals surface area contributed by atoms with E-state index in [2.05, 4.69) is 20.9 Å². The van der Waals surface area contributed by atoms with Crippen molar-refractivity contribution in [1.82, 2.24) is 10.3 Å². The van der Waals surface area contributed by atoms with Gasteiger partial charge in [0.05, 0.1) is 15.5 Å². The molecular weight excluding hydrogens is 584 g/mol. The second-order valence-corrected chi connectivity index (χ2v) is 12.1. The molecule has 1 aromatic heterocycles. The molecule has 4 aromatic carbocycles. The van der Waals surface area contributed by atoms with Gasteiger partial charge in [-0.25, -0.2) is 9.37 Å². The number of hydrogen-bond donors (Lipinski definition) is 3. The zero-order valence-corrected chi connectivity index (χ0v) is 24.9. The summed E-state index contributed by atoms with van der Waals surface area (Å²) < 4.78 is 14.4. The number of carbonyl (C=O) groups is 3. The first-order valence-corrected chi connectivity index (χ1v) is 15.0. The predicted molar refractivity (Wildman–Crippen MR) is 172 cm³/mol. The molecule has 0 aliphatic carbocycles. The second kappa shape index (κ2) is 13.5. The van der Waals surface area contributed by atoms with Gasteiger partial charge in [-0.1, -0.05) is 47.7 Å². The minimum absolute atomic E-state index is 0.00536. The van der Waals surface area contributed by atoms with E-state index in [9.17, 15) is 18.8 Å². The molecule has 43 heavy (non-hydrogen) atoms. The van der Waals surface area contributed by atoms with Crippen LogP contribution >= 0.6 is 23.1 Å². The van der Waals surface area contributed by atoms with Gasteiger partial charge in [0.25, 0.3) is 11.8 Å². The van der Waals surface area contributed by atoms with Crippen molar-refractivity contribution in [1.29, 1.82) is 0 Å². The zero-order chi connectivity index (χ0) is 30.3. The Morgan fingerprint density at radius 3 is 2.35 bits per heavy atom. The maximum Gasteiger partial charge on any atom is 0.272 e. The average molecular weight is 611 g/mol. The number of nitrogens with zero attached hydrogens (tertiary/aromatic N) is 1. The summed E-state index contributed by atoms with van der Waals surface area (Å²) in [7, 11) is 0. The number of amides is 3. The molecule has 0 spiro atoms. The summed E-state index contributed by atoms with van der Waals surface area (Å²) in [5.74, 6) is -1.58. The third kappa shape index (κ3) is 7.94. The van der Waals surface area contributed by atoms with Crippen LogP contribution in [0, 0.1) is 12.7 Å². The Balaban J connectivity index is 1.23. The fourth-order valence-corrected chi connectivity index (χ4v) is 5.87. The normalized spacial score (nSPS) is 12.0. The number of rotatable bonds is 9. The number of halogens is 1. The quantitative estimate of drug-likeness (QED) is 0.120. The minimum atomic E-state index is -0.548. The number of thiazole rings is 1. The van der Waals surface area contributed by atoms with Crippen molar-refractivity contribution in [2.24, 2.45) is 0 Å². The Morgan fingerprint density at radius 1 is 0.907 bits per heavy atom. The molecule has 3 amide bonds. The molecule has 1 unspecified atom stereocenters. The smallest absolute Gasteiger partial charge is 0.272 e. The molecule has 0 saturated carbocycles. The molecule has 10 heteroatoms. The summed E-state index contributed by atoms with van der Waals surface area (Å²) in [5.41, 5.74) is 3.40. The minimum Gasteiger partial charge on any atom is -0.321 e. The first-order chi connectivity index (χ1) is 20.7. The van der Waals surface area contributed by atoms with Crippen molar-refractivity contribution < 1.29 is 18.8 Å². The second-order valence-electron chi connectivity index (χ2n) is 9.65. The number of aryl methyl sites for hydroxylation is 1. The van der Waals surface area contributed by atoms with Crippen LogP contribution in [0.1, 0.15) is 28.4 Å². The standard InChI is InChI=1S/C33H27FN4O3S2/c1-20-8-17-27-29(18-20)43-33(37-27)38-30(39)21(2)42-26-15-13-25(14-16-26)35-32(41)28(19-22-9-11-24(34)12-10-22)36-31(40)23-6-4-3-5-7-23/h3-19,21H,1-2H3,(H,35,41)(H,36,40)(H,37,38,39)/b28-19-. The number of benzene rings is 4. The van der Waals surface area contributed by atoms with Crippen LogP contribution in [0.15, 0.2) is 108 Å². The Kier molecular flexibility index (Phi) is 9.29. The molecule has 0 aliphatic heterocycles. The van der Waals surface area contributed by atoms with Crippen LogP contribution in [0.4, 0.5) is 15.2 Å². The topological polar surface area (TPSA) is 100 Å². The van der Waals surface area contributed by atoms with Gasteiger partial charge in [0, 0.05) is 16.1 Å². The number of hydrogen-bond acceptors (Lipinski definition) is 6. The van der Waals surface area contributed by atoms with Gasteiger partial charge in [-0.2, -0.15) is 0 Å². The van der Waals surface area contributed by atoms with Crippen LogP contribution in [0.2, 0.25) is 0 Å². The van der Waals surface area contributed by atoms with Crippen molar-refractivity contribution in [2.75, 3.05) is 10.6 Å². The molecule has 0 saturated heterocycles. The zero-order valence-electron chi connectivity index (χ0n) is 23.3. The number of fused-ring (bicyclic) bond motifs is 1. The highest BCUT2D eigenvalue weighted by molar-refractivity contribution is 8.00. The summed E-state index contributed by atoms with van der Waals surface area (Å²) in [6.45, 7) is 3.83. The number of thioether (sulfide) groups is 1. The number of anilines is 2. The molecule has 0 bridgehead atoms. The third-order valence-electron chi connectivity index (χ3n) is 6.28. The molecule has 0 fully saturated rings. The monoisotopic (exact) mass is 610 g/mol. The van der Waals surface area contributed by atoms with Crippen molar-refractivity contribution in [2.45, 2.75) is 24.0 Å². The first kappa shape index (κ1) is 29.7. The van der Waals surface area contributed by atoms with E-state index in [0.29, 0.717) is 21.9 Å². The van der Waals surface area contributed by atoms with E-state index in [0.717, 1.165) is 20.7 Å². The van der Waals surface area contributed by atoms with E-state index in [1.165, 1.54) is 53.4 Å². The van der Waals surface area contributed by atoms with Crippen molar-refractivity contribution in [3.05, 3.63) is 125 Å². The summed E-state index contributed by atoms with van der Waals surface area (Å²) in [6, 6.07) is 27.1. The Morgan fingerprint density at radius 2 is 1.63 bits per heavy atom. The van der Waals surface area contributed by atoms with Crippen LogP contribution in [0.5, 0.6) is 0 Å². The van der Waals surface area contributed by atoms with Gasteiger partial charge in [-0.05, 0) is 91.7 Å². The molecular formula is C33H27FN4O3S2. The lowest BCUT2D eigenvalue weighted by atomic mass is 10.1. The molecule has 5 aromatic rings. The van der Waals surface area contributed by atoms with Crippen LogP contribution in [0.25, 0.3) is 16.3 Å². The van der Waals surface area contributed by atoms with Crippen LogP contribution < -0.4 is 16.0 Å². The van der Waals surface area contributed by atoms with Gasteiger partial charge in [0.1, 0.15) is 11.5 Å². The number of aromatic nitrogens is 1. The Bertz CT molecular complexity index is 1800. The lowest BCUT2D eigenvalue weighted by Gasteiger charge is -2.13. The highest BCUT2D eigenvalue weighted by atomic mass is 32.2. The lowest BCUT2D eigenvalue weighted by molar-refractivity contribution is -0.115. The highest BCUT2D eigenvalue weighted by Gasteiger charge is 2.18. The SMILES string of the molecule is Cc1ccc2nc(NC(=O)C(C)Sc3ccc(NC(=O)/C(=C/c4ccc(F)cc4)NC(=O)c4ccccc4)cc3)sc2c1. The maximum atomic E-state index is 13.4. The third-order valence-corrected chi connectivity index (χ3v) is 8.32. The van der Waals surface area contributed by atoms with E-state index >= 15 is 0 Å². The molecule has 1 atom stereocenters. The highest BCUT2D eigenvalue weighted by Crippen LogP contribution is 2.29. The van der Waals surface area contributed by atoms with Crippen molar-refractivity contribution >= 4 is 67.9 Å². The van der Waals surface area contributed by atoms with Crippen LogP contribution in [0.3, 0.4) is 0 Å². The maximum absolute atomic E-state index is 13.4. The summed E-state index contributed by atoms with van der Waals surface area (Å²) in [5, 5.41) is 8.51. The fraction of sp³-hybridized carbons (Fsp3) is 0.0909. The molecule has 7 nitrogen and oxygen atoms in total. The summed E-state index contributed by atoms with van der Waals surface area (Å²) >= 11 is 2.81. The van der Waals surface area contributed by atoms with E-state index in [1.807, 2.05) is 32.0 Å². The molecule has 3 N–H and O–H groups in total. The fourth-order valence-electron chi connectivity index (χ4n) is 4.03. The molecule has 216 valence electrons. The van der Waals surface area contributed by atoms with Crippen molar-refractivity contribution in [3.63, 3.8) is 0 Å². The predicted octanol–water partition coefficient (Wildman–Crippen LogP) is 7.27. The summed E-state index contributed by atoms with van der Waals surface area (Å²) in [4.78, 5) is 44.2. The molecule has 1 heterocycles. The van der Waals surface area contributed by atoms with E-state index in [4.69, 9.17) is 0 Å². The van der Waals surface area contributed by atoms with E-state index in [-0.39, 0.29) is 11.6 Å². The van der Waals surface area contributed by atoms with E-state index in [1.54, 1.807) is 54.6 Å². The Hall–Kier alpha value is -4.80. The lowest BCUT2D eigenvalue weighted by Crippen LogP contribution is -2.30. The average Bonchev–Trinajstić information content (AvgIpc) is 3.40. The first-order valence-electron chi connectivity index (χ1n) is 13.3. The van der Waals surface area contributed by atoms with Crippen molar-refractivity contribution in [3.8, 4) is 0 Å². The van der Waals surface area contributed by atoms with Gasteiger partial charge in [0.15, 0.2) is 5.13 Å². The Labute approximate surface area is 256 Å². The van der Waals surface area contributed by atoms with Crippen LogP contribution in [-0.4, -0.2) is 28.0 Å². The van der Waals surface area contributed by atoms with Gasteiger partial charge in [-0.3, -0.25) is 14.4 Å². The van der Waals surface area contributed by atoms with Gasteiger partial charge >= 0.3 is 0 Å².